The average molecular weight is 222 g/mol. The zero-order valence-corrected chi connectivity index (χ0v) is 8.42. The third kappa shape index (κ3) is 1.71. The Morgan fingerprint density at radius 1 is 1.31 bits per heavy atom. The number of halogens is 2. The molecule has 0 amide bonds. The number of aromatic amines is 1. The Bertz CT molecular complexity index is 593. The third-order valence-corrected chi connectivity index (χ3v) is 2.22. The summed E-state index contributed by atoms with van der Waals surface area (Å²) >= 11 is 0. The van der Waals surface area contributed by atoms with Gasteiger partial charge in [-0.05, 0) is 24.6 Å². The molecule has 1 aromatic carbocycles. The minimum atomic E-state index is -0.979. The van der Waals surface area contributed by atoms with Crippen LogP contribution >= 0.6 is 0 Å². The summed E-state index contributed by atoms with van der Waals surface area (Å²) in [5.74, 6) is -1.93. The van der Waals surface area contributed by atoms with Crippen molar-refractivity contribution in [2.24, 2.45) is 0 Å². The molecular weight excluding hydrogens is 214 g/mol. The lowest BCUT2D eigenvalue weighted by Gasteiger charge is -2.06. The molecule has 0 saturated heterocycles. The number of rotatable bonds is 1. The van der Waals surface area contributed by atoms with Crippen LogP contribution in [0.2, 0.25) is 0 Å². The van der Waals surface area contributed by atoms with Crippen LogP contribution in [0, 0.1) is 18.6 Å². The van der Waals surface area contributed by atoms with Crippen LogP contribution in [-0.4, -0.2) is 9.97 Å². The lowest BCUT2D eigenvalue weighted by atomic mass is 10.1. The van der Waals surface area contributed by atoms with E-state index in [1.54, 1.807) is 6.92 Å². The second kappa shape index (κ2) is 3.84. The molecule has 0 spiro atoms. The van der Waals surface area contributed by atoms with E-state index in [1.807, 2.05) is 0 Å². The number of hydrogen-bond acceptors (Lipinski definition) is 2. The minimum Gasteiger partial charge on any atom is -0.305 e. The van der Waals surface area contributed by atoms with Crippen molar-refractivity contribution in [3.05, 3.63) is 52.1 Å². The van der Waals surface area contributed by atoms with Gasteiger partial charge in [0.1, 0.15) is 0 Å². The quantitative estimate of drug-likeness (QED) is 0.802. The fourth-order valence-corrected chi connectivity index (χ4v) is 1.43. The van der Waals surface area contributed by atoms with Crippen molar-refractivity contribution in [2.75, 3.05) is 0 Å². The number of H-pyrrole nitrogens is 1. The topological polar surface area (TPSA) is 45.8 Å². The monoisotopic (exact) mass is 222 g/mol. The fraction of sp³-hybridized carbons (Fsp3) is 0.0909. The summed E-state index contributed by atoms with van der Waals surface area (Å²) in [5.41, 5.74) is 0.252. The Morgan fingerprint density at radius 2 is 2.06 bits per heavy atom. The van der Waals surface area contributed by atoms with Gasteiger partial charge in [0, 0.05) is 11.8 Å². The average Bonchev–Trinajstić information content (AvgIpc) is 2.26. The van der Waals surface area contributed by atoms with Crippen LogP contribution in [0.3, 0.4) is 0 Å². The Hall–Kier alpha value is -2.04. The Kier molecular flexibility index (Phi) is 2.52. The normalized spacial score (nSPS) is 10.4. The SMILES string of the molecule is Cc1cnc(=O)[nH]c1-c1cccc(F)c1F. The first kappa shape index (κ1) is 10.5. The van der Waals surface area contributed by atoms with Gasteiger partial charge < -0.3 is 4.98 Å². The van der Waals surface area contributed by atoms with Crippen molar-refractivity contribution >= 4 is 0 Å². The van der Waals surface area contributed by atoms with Crippen LogP contribution in [0.25, 0.3) is 11.3 Å². The molecule has 0 bridgehead atoms. The number of nitrogens with one attached hydrogen (secondary N) is 1. The van der Waals surface area contributed by atoms with Gasteiger partial charge in [0.2, 0.25) is 0 Å². The van der Waals surface area contributed by atoms with Crippen LogP contribution < -0.4 is 5.69 Å². The molecule has 82 valence electrons. The zero-order valence-electron chi connectivity index (χ0n) is 8.42. The van der Waals surface area contributed by atoms with Crippen LogP contribution in [0.4, 0.5) is 8.78 Å². The summed E-state index contributed by atoms with van der Waals surface area (Å²) in [5, 5.41) is 0. The molecule has 0 unspecified atom stereocenters. The predicted molar refractivity (Wildman–Crippen MR) is 54.9 cm³/mol. The Balaban J connectivity index is 2.72. The molecule has 16 heavy (non-hydrogen) atoms. The molecule has 0 saturated carbocycles. The summed E-state index contributed by atoms with van der Waals surface area (Å²) in [6, 6.07) is 3.80. The first-order valence-electron chi connectivity index (χ1n) is 4.60. The van der Waals surface area contributed by atoms with Crippen molar-refractivity contribution in [2.45, 2.75) is 6.92 Å². The van der Waals surface area contributed by atoms with Crippen molar-refractivity contribution in [1.82, 2.24) is 9.97 Å². The van der Waals surface area contributed by atoms with Gasteiger partial charge in [-0.1, -0.05) is 6.07 Å². The summed E-state index contributed by atoms with van der Waals surface area (Å²) < 4.78 is 26.5. The second-order valence-electron chi connectivity index (χ2n) is 3.35. The van der Waals surface area contributed by atoms with Crippen LogP contribution in [0.1, 0.15) is 5.56 Å². The van der Waals surface area contributed by atoms with E-state index in [4.69, 9.17) is 0 Å². The number of aryl methyl sites for hydroxylation is 1. The highest BCUT2D eigenvalue weighted by Gasteiger charge is 2.12. The second-order valence-corrected chi connectivity index (χ2v) is 3.35. The lowest BCUT2D eigenvalue weighted by Crippen LogP contribution is -2.11. The summed E-state index contributed by atoms with van der Waals surface area (Å²) in [4.78, 5) is 16.9. The first-order valence-corrected chi connectivity index (χ1v) is 4.60. The van der Waals surface area contributed by atoms with E-state index in [0.717, 1.165) is 6.07 Å². The van der Waals surface area contributed by atoms with E-state index < -0.39 is 17.3 Å². The van der Waals surface area contributed by atoms with E-state index >= 15 is 0 Å². The van der Waals surface area contributed by atoms with Gasteiger partial charge in [-0.2, -0.15) is 0 Å². The van der Waals surface area contributed by atoms with Gasteiger partial charge in [0.25, 0.3) is 0 Å². The van der Waals surface area contributed by atoms with Crippen molar-refractivity contribution in [3.8, 4) is 11.3 Å². The minimum absolute atomic E-state index is 0.0250. The molecular formula is C11H8F2N2O. The summed E-state index contributed by atoms with van der Waals surface area (Å²) in [7, 11) is 0. The molecule has 0 fully saturated rings. The van der Waals surface area contributed by atoms with E-state index in [0.29, 0.717) is 5.56 Å². The smallest absolute Gasteiger partial charge is 0.305 e. The zero-order chi connectivity index (χ0) is 11.7. The van der Waals surface area contributed by atoms with Gasteiger partial charge in [0.05, 0.1) is 5.69 Å². The van der Waals surface area contributed by atoms with E-state index in [-0.39, 0.29) is 11.3 Å². The standard InChI is InChI=1S/C11H8F2N2O/c1-6-5-14-11(16)15-10(6)7-3-2-4-8(12)9(7)13/h2-5H,1H3,(H,14,15,16). The van der Waals surface area contributed by atoms with E-state index in [2.05, 4.69) is 9.97 Å². The number of nitrogens with zero attached hydrogens (tertiary/aromatic N) is 1. The molecule has 0 radical (unpaired) electrons. The largest absolute Gasteiger partial charge is 0.345 e. The van der Waals surface area contributed by atoms with Gasteiger partial charge in [-0.25, -0.2) is 18.6 Å². The molecule has 3 nitrogen and oxygen atoms in total. The number of aromatic nitrogens is 2. The molecule has 2 rings (SSSR count). The van der Waals surface area contributed by atoms with Crippen molar-refractivity contribution in [1.29, 1.82) is 0 Å². The molecule has 5 heteroatoms. The van der Waals surface area contributed by atoms with E-state index in [1.165, 1.54) is 18.3 Å². The van der Waals surface area contributed by atoms with Crippen LogP contribution in [0.5, 0.6) is 0 Å². The molecule has 1 aromatic heterocycles. The highest BCUT2D eigenvalue weighted by molar-refractivity contribution is 5.62. The van der Waals surface area contributed by atoms with E-state index in [9.17, 15) is 13.6 Å². The van der Waals surface area contributed by atoms with Gasteiger partial charge in [-0.3, -0.25) is 0 Å². The summed E-state index contributed by atoms with van der Waals surface area (Å²) in [6.45, 7) is 1.66. The number of benzene rings is 1. The number of hydrogen-bond donors (Lipinski definition) is 1. The molecule has 1 N–H and O–H groups in total. The molecule has 0 aliphatic rings. The Labute approximate surface area is 89.8 Å². The molecule has 2 aromatic rings. The lowest BCUT2D eigenvalue weighted by molar-refractivity contribution is 0.511. The maximum Gasteiger partial charge on any atom is 0.345 e. The first-order chi connectivity index (χ1) is 7.59. The Morgan fingerprint density at radius 3 is 2.81 bits per heavy atom. The molecule has 0 atom stereocenters. The molecule has 1 heterocycles. The van der Waals surface area contributed by atoms with Crippen LogP contribution in [-0.2, 0) is 0 Å². The van der Waals surface area contributed by atoms with Gasteiger partial charge >= 0.3 is 5.69 Å². The highest BCUT2D eigenvalue weighted by Crippen LogP contribution is 2.23. The highest BCUT2D eigenvalue weighted by atomic mass is 19.2. The molecule has 0 aliphatic carbocycles. The van der Waals surface area contributed by atoms with Gasteiger partial charge in [0.15, 0.2) is 11.6 Å². The summed E-state index contributed by atoms with van der Waals surface area (Å²) in [6.07, 6.45) is 1.32. The molecule has 0 aliphatic heterocycles. The maximum absolute atomic E-state index is 13.5. The fourth-order valence-electron chi connectivity index (χ4n) is 1.43. The predicted octanol–water partition coefficient (Wildman–Crippen LogP) is 2.02. The van der Waals surface area contributed by atoms with Crippen molar-refractivity contribution in [3.63, 3.8) is 0 Å². The van der Waals surface area contributed by atoms with Gasteiger partial charge in [-0.15, -0.1) is 0 Å². The van der Waals surface area contributed by atoms with Crippen LogP contribution in [0.15, 0.2) is 29.2 Å². The van der Waals surface area contributed by atoms with Crippen molar-refractivity contribution < 1.29 is 8.78 Å². The maximum atomic E-state index is 13.5. The third-order valence-electron chi connectivity index (χ3n) is 2.22.